The molecule has 0 heterocycles. The predicted molar refractivity (Wildman–Crippen MR) is 543 cm³/mol. The summed E-state index contributed by atoms with van der Waals surface area (Å²) >= 11 is 0. The number of phenolic OH excluding ortho intramolecular Hbond substituents is 5. The molecule has 14 nitrogen and oxygen atoms in total. The Bertz CT molecular complexity index is 5040. The number of aryl methyl sites for hydroxylation is 1. The van der Waals surface area contributed by atoms with E-state index in [0.29, 0.717) is 83.9 Å². The van der Waals surface area contributed by atoms with Crippen LogP contribution in [0.5, 0.6) is 51.7 Å². The number of methoxy groups -OCH3 is 4. The number of hydrogen-bond acceptors (Lipinski definition) is 14. The second kappa shape index (κ2) is 45.9. The molecule has 0 radical (unpaired) electrons. The third-order valence-corrected chi connectivity index (χ3v) is 32.8. The van der Waals surface area contributed by atoms with Crippen LogP contribution >= 0.6 is 42.9 Å². The van der Waals surface area contributed by atoms with Crippen LogP contribution in [0.3, 0.4) is 0 Å². The van der Waals surface area contributed by atoms with Crippen LogP contribution < -0.4 is 114 Å². The van der Waals surface area contributed by atoms with Crippen molar-refractivity contribution < 1.29 is 48.9 Å². The normalized spacial score (nSPS) is 12.5. The van der Waals surface area contributed by atoms with Gasteiger partial charge in [0.05, 0.1) is 52.7 Å². The maximum absolute atomic E-state index is 14.0. The average molecular weight is 1810 g/mol. The summed E-state index contributed by atoms with van der Waals surface area (Å²) in [7, 11) is 3.49. The van der Waals surface area contributed by atoms with Crippen LogP contribution in [-0.2, 0) is 32.7 Å². The van der Waals surface area contributed by atoms with Crippen molar-refractivity contribution in [2.45, 2.75) is 230 Å². The van der Waals surface area contributed by atoms with Crippen molar-refractivity contribution >= 4 is 136 Å². The summed E-state index contributed by atoms with van der Waals surface area (Å²) in [4.78, 5) is 0. The van der Waals surface area contributed by atoms with Gasteiger partial charge in [0.25, 0.3) is 0 Å². The van der Waals surface area contributed by atoms with Crippen molar-refractivity contribution in [2.75, 3.05) is 28.4 Å². The zero-order valence-corrected chi connectivity index (χ0v) is 86.2. The van der Waals surface area contributed by atoms with Gasteiger partial charge in [-0.05, 0) is 224 Å². The molecule has 0 aliphatic rings. The number of hydrogen-bond donors (Lipinski definition) is 10. The molecule has 10 rings (SSSR count). The molecule has 122 heavy (non-hydrogen) atoms. The van der Waals surface area contributed by atoms with E-state index in [1.54, 1.807) is 58.8 Å². The van der Waals surface area contributed by atoms with Crippen LogP contribution in [0.25, 0.3) is 0 Å². The third kappa shape index (κ3) is 34.7. The Morgan fingerprint density at radius 2 is 0.672 bits per heavy atom. The average Bonchev–Trinajstić information content (AvgIpc) is 0.780. The molecule has 10 aromatic carbocycles. The maximum atomic E-state index is 14.0. The second-order valence-corrected chi connectivity index (χ2v) is 60.6. The number of para-hydroxylation sites is 2. The molecular weight excluding hydrogens is 1660 g/mol. The lowest BCUT2D eigenvalue weighted by molar-refractivity contribution is 0.366. The van der Waals surface area contributed by atoms with Gasteiger partial charge in [-0.25, -0.2) is 4.39 Å². The highest BCUT2D eigenvalue weighted by Crippen LogP contribution is 2.35. The van der Waals surface area contributed by atoms with Crippen LogP contribution in [0.2, 0.25) is 58.9 Å². The van der Waals surface area contributed by atoms with Crippen LogP contribution in [0.15, 0.2) is 188 Å². The van der Waals surface area contributed by atoms with Gasteiger partial charge in [0, 0.05) is 93.0 Å². The molecule has 0 amide bonds. The van der Waals surface area contributed by atoms with E-state index in [-0.39, 0.29) is 45.0 Å². The van der Waals surface area contributed by atoms with E-state index < -0.39 is 24.2 Å². The fourth-order valence-corrected chi connectivity index (χ4v) is 23.1. The summed E-state index contributed by atoms with van der Waals surface area (Å²) in [6.45, 7) is 59.0. The molecule has 0 bridgehead atoms. The first kappa shape index (κ1) is 104. The summed E-state index contributed by atoms with van der Waals surface area (Å²) in [5, 5.41) is 84.8. The quantitative estimate of drug-likeness (QED) is 0.0172. The number of ether oxygens (including phenoxy) is 4. The monoisotopic (exact) mass is 1800 g/mol. The molecule has 10 N–H and O–H groups in total. The van der Waals surface area contributed by atoms with Gasteiger partial charge in [-0.15, -0.1) is 0 Å². The lowest BCUT2D eigenvalue weighted by Crippen LogP contribution is -2.47. The molecular formula is C99H143FN5O9P5Si3. The Hall–Kier alpha value is -7.07. The van der Waals surface area contributed by atoms with E-state index in [2.05, 4.69) is 299 Å². The molecule has 23 heteroatoms. The van der Waals surface area contributed by atoms with Gasteiger partial charge < -0.3 is 71.1 Å². The summed E-state index contributed by atoms with van der Waals surface area (Å²) in [5.74, 6) is 3.88. The highest BCUT2D eigenvalue weighted by molar-refractivity contribution is 7.57. The standard InChI is InChI=1S/C23H37FNOPSi2.C20H30NOPSi.C19H26NO3P.C19H26NO2P.C18H24NO2P/c1-23(2,3)25-15-16-12-17(24)10-11-19(16)27-20-13-18(28(4,5)6)14-21(22(20)26)29(7,8)9;1-20(2,3)21-14-15-10-7-8-11-16(15)23-17-12-9-13-18(19(17)22)24(4,5)6;1-19(2,3)20-12-13-8-6-7-9-16(13)24-17-11-14(22-4)10-15(23-5)18(17)21;1-13-8-6-9-14(12-20-19(2,3)4)18(13)23-16-11-7-10-15(22-5)17(16)21;1-18(2,3)19-12-13-7-5-6-8-16(13)22-17-11-14(21-4)9-10-15(17)20/h10-14,25-27H,15H2,1-9H3;7-13,21-23H,14H2,1-6H3;6-11,20-21,24H,12H2,1-5H3;6-11,20-21,23H,12H2,1-5H3;5-11,19-20,22H,12H2,1-4H3. The SMILES string of the molecule is CC(C)(C)NCc1cc(F)ccc1Pc1cc([Si](C)(C)C)cc([Si](C)(C)C)c1O.CC(C)(C)NCc1ccccc1Pc1cccc([Si](C)(C)C)c1O.COc1cc(OC)c(O)c(Pc2ccccc2CNC(C)(C)C)c1.COc1ccc(O)c(Pc2ccccc2CNC(C)(C)C)c1.COc1cccc(Pc2c(C)cccc2CNC(C)(C)C)c1O. The third-order valence-electron chi connectivity index (χ3n) is 19.4. The lowest BCUT2D eigenvalue weighted by atomic mass is 10.1. The molecule has 0 saturated heterocycles. The second-order valence-electron chi connectivity index (χ2n) is 38.9. The number of nitrogens with one attached hydrogen (secondary N) is 5. The minimum Gasteiger partial charge on any atom is -0.507 e. The number of phenols is 5. The maximum Gasteiger partial charge on any atom is 0.165 e. The molecule has 5 atom stereocenters. The van der Waals surface area contributed by atoms with Crippen molar-refractivity contribution in [3.05, 3.63) is 227 Å². The van der Waals surface area contributed by atoms with E-state index in [1.165, 1.54) is 60.3 Å². The van der Waals surface area contributed by atoms with Crippen molar-refractivity contribution in [3.8, 4) is 51.7 Å². The molecule has 5 unspecified atom stereocenters. The van der Waals surface area contributed by atoms with E-state index in [4.69, 9.17) is 18.9 Å². The van der Waals surface area contributed by atoms with E-state index in [0.717, 1.165) is 79.7 Å². The largest absolute Gasteiger partial charge is 0.507 e. The van der Waals surface area contributed by atoms with E-state index in [9.17, 15) is 29.9 Å². The van der Waals surface area contributed by atoms with Gasteiger partial charge in [0.1, 0.15) is 34.6 Å². The topological polar surface area (TPSA) is 198 Å². The minimum absolute atomic E-state index is 0.0441. The number of rotatable bonds is 27. The Labute approximate surface area is 743 Å². The molecule has 0 fully saturated rings. The highest BCUT2D eigenvalue weighted by atomic mass is 31.1. The summed E-state index contributed by atoms with van der Waals surface area (Å²) in [6.07, 6.45) is 0. The Balaban J connectivity index is 0.000000237. The summed E-state index contributed by atoms with van der Waals surface area (Å²) in [5.41, 5.74) is 7.54. The van der Waals surface area contributed by atoms with Gasteiger partial charge in [-0.1, -0.05) is 247 Å². The van der Waals surface area contributed by atoms with Crippen LogP contribution in [-0.4, -0.2) is 106 Å². The molecule has 10 aromatic rings. The zero-order chi connectivity index (χ0) is 91.1. The Morgan fingerprint density at radius 3 is 1.12 bits per heavy atom. The number of halogens is 1. The summed E-state index contributed by atoms with van der Waals surface area (Å²) in [6, 6.07) is 61.9. The van der Waals surface area contributed by atoms with Crippen LogP contribution in [0, 0.1) is 12.7 Å². The highest BCUT2D eigenvalue weighted by Gasteiger charge is 2.29. The minimum atomic E-state index is -1.69. The smallest absolute Gasteiger partial charge is 0.165 e. The van der Waals surface area contributed by atoms with E-state index in [1.807, 2.05) is 48.5 Å². The van der Waals surface area contributed by atoms with Crippen molar-refractivity contribution in [1.29, 1.82) is 0 Å². The lowest BCUT2D eigenvalue weighted by Gasteiger charge is -2.26. The Kier molecular flexibility index (Phi) is 39.0. The number of benzene rings is 10. The summed E-state index contributed by atoms with van der Waals surface area (Å²) < 4.78 is 35.0. The van der Waals surface area contributed by atoms with Gasteiger partial charge in [-0.2, -0.15) is 0 Å². The fourth-order valence-electron chi connectivity index (χ4n) is 12.3. The molecule has 0 spiro atoms. The molecule has 0 aliphatic heterocycles. The first-order valence-corrected chi connectivity index (χ1v) is 57.3. The fraction of sp³-hybridized carbons (Fsp3) is 0.394. The van der Waals surface area contributed by atoms with Crippen molar-refractivity contribution in [3.63, 3.8) is 0 Å². The van der Waals surface area contributed by atoms with Gasteiger partial charge >= 0.3 is 0 Å². The van der Waals surface area contributed by atoms with Crippen LogP contribution in [0.1, 0.15) is 137 Å². The molecule has 0 aliphatic carbocycles. The Morgan fingerprint density at radius 1 is 0.303 bits per heavy atom. The number of aromatic hydroxyl groups is 5. The van der Waals surface area contributed by atoms with Crippen molar-refractivity contribution in [1.82, 2.24) is 26.6 Å². The van der Waals surface area contributed by atoms with Crippen LogP contribution in [0.4, 0.5) is 4.39 Å². The molecule has 0 saturated carbocycles. The molecule has 662 valence electrons. The van der Waals surface area contributed by atoms with Gasteiger partial charge in [0.2, 0.25) is 0 Å². The predicted octanol–water partition coefficient (Wildman–Crippen LogP) is 16.7. The van der Waals surface area contributed by atoms with Crippen molar-refractivity contribution in [2.24, 2.45) is 0 Å². The zero-order valence-electron chi connectivity index (χ0n) is 78.2. The van der Waals surface area contributed by atoms with E-state index >= 15 is 0 Å². The first-order valence-electron chi connectivity index (χ1n) is 41.8. The van der Waals surface area contributed by atoms with Gasteiger partial charge in [-0.3, -0.25) is 0 Å². The van der Waals surface area contributed by atoms with Gasteiger partial charge in [0.15, 0.2) is 23.0 Å². The first-order chi connectivity index (χ1) is 56.7. The molecule has 0 aromatic heterocycles.